The van der Waals surface area contributed by atoms with Crippen LogP contribution in [-0.4, -0.2) is 29.8 Å². The second kappa shape index (κ2) is 6.02. The molecule has 1 unspecified atom stereocenters. The zero-order valence-corrected chi connectivity index (χ0v) is 13.1. The number of benzene rings is 1. The molecule has 1 N–H and O–H groups in total. The number of urea groups is 1. The highest BCUT2D eigenvalue weighted by atomic mass is 35.5. The van der Waals surface area contributed by atoms with Crippen LogP contribution >= 0.6 is 11.6 Å². The molecule has 2 rings (SSSR count). The Kier molecular flexibility index (Phi) is 4.69. The van der Waals surface area contributed by atoms with Crippen LogP contribution in [-0.2, 0) is 5.54 Å². The molecule has 0 saturated heterocycles. The van der Waals surface area contributed by atoms with Gasteiger partial charge in [-0.05, 0) is 24.6 Å². The van der Waals surface area contributed by atoms with Crippen molar-refractivity contribution in [2.45, 2.75) is 37.7 Å². The number of halogens is 7. The fourth-order valence-electron chi connectivity index (χ4n) is 2.93. The summed E-state index contributed by atoms with van der Waals surface area (Å²) in [4.78, 5) is 11.8. The van der Waals surface area contributed by atoms with Gasteiger partial charge in [-0.1, -0.05) is 24.9 Å². The molecule has 1 aromatic carbocycles. The van der Waals surface area contributed by atoms with Crippen LogP contribution in [0.4, 0.5) is 36.8 Å². The Morgan fingerprint density at radius 3 is 2.33 bits per heavy atom. The van der Waals surface area contributed by atoms with Crippen LogP contribution < -0.4 is 5.32 Å². The number of hydrogen-bond acceptors (Lipinski definition) is 1. The summed E-state index contributed by atoms with van der Waals surface area (Å²) in [7, 11) is 0. The number of amides is 2. The maximum absolute atomic E-state index is 14.0. The van der Waals surface area contributed by atoms with Crippen molar-refractivity contribution in [1.29, 1.82) is 0 Å². The van der Waals surface area contributed by atoms with Gasteiger partial charge in [0.2, 0.25) is 0 Å². The third-order valence-corrected chi connectivity index (χ3v) is 4.03. The Bertz CT molecular complexity index is 645. The minimum atomic E-state index is -5.12. The molecule has 0 bridgehead atoms. The summed E-state index contributed by atoms with van der Waals surface area (Å²) >= 11 is 5.75. The van der Waals surface area contributed by atoms with Gasteiger partial charge in [0.1, 0.15) is 6.54 Å². The fraction of sp³-hybridized carbons (Fsp3) is 0.500. The molecule has 24 heavy (non-hydrogen) atoms. The van der Waals surface area contributed by atoms with Gasteiger partial charge in [-0.2, -0.15) is 26.3 Å². The molecular formula is C14H13ClF6N2O. The summed E-state index contributed by atoms with van der Waals surface area (Å²) in [6.45, 7) is -0.625. The van der Waals surface area contributed by atoms with E-state index in [0.717, 1.165) is 12.1 Å². The number of rotatable bonds is 3. The number of nitrogens with one attached hydrogen (secondary N) is 1. The van der Waals surface area contributed by atoms with E-state index in [1.807, 2.05) is 0 Å². The topological polar surface area (TPSA) is 32.3 Å². The maximum atomic E-state index is 14.0. The SMILES string of the molecule is CCCC1(C(F)(F)F)c2cc(Cl)ccc2NC(=O)N1CC(F)(F)F. The summed E-state index contributed by atoms with van der Waals surface area (Å²) in [5.74, 6) is 0. The largest absolute Gasteiger partial charge is 0.416 e. The highest BCUT2D eigenvalue weighted by Gasteiger charge is 2.64. The van der Waals surface area contributed by atoms with Crippen molar-refractivity contribution in [2.24, 2.45) is 0 Å². The van der Waals surface area contributed by atoms with Crippen molar-refractivity contribution < 1.29 is 31.1 Å². The molecule has 1 aliphatic rings. The Balaban J connectivity index is 2.76. The van der Waals surface area contributed by atoms with Gasteiger partial charge >= 0.3 is 18.4 Å². The lowest BCUT2D eigenvalue weighted by Crippen LogP contribution is -2.63. The van der Waals surface area contributed by atoms with Gasteiger partial charge in [-0.15, -0.1) is 0 Å². The highest BCUT2D eigenvalue weighted by molar-refractivity contribution is 6.30. The lowest BCUT2D eigenvalue weighted by atomic mass is 9.80. The molecule has 1 atom stereocenters. The van der Waals surface area contributed by atoms with Gasteiger partial charge in [0.05, 0.1) is 0 Å². The van der Waals surface area contributed by atoms with Crippen LogP contribution in [0.5, 0.6) is 0 Å². The first-order valence-electron chi connectivity index (χ1n) is 6.94. The second-order valence-corrected chi connectivity index (χ2v) is 5.87. The number of alkyl halides is 6. The van der Waals surface area contributed by atoms with Crippen LogP contribution in [0.3, 0.4) is 0 Å². The maximum Gasteiger partial charge on any atom is 0.416 e. The van der Waals surface area contributed by atoms with Gasteiger partial charge < -0.3 is 5.32 Å². The van der Waals surface area contributed by atoms with E-state index in [-0.39, 0.29) is 22.0 Å². The quantitative estimate of drug-likeness (QED) is 0.715. The zero-order chi connectivity index (χ0) is 18.3. The van der Waals surface area contributed by atoms with Crippen LogP contribution in [0.15, 0.2) is 18.2 Å². The summed E-state index contributed by atoms with van der Waals surface area (Å²) in [5.41, 5.74) is -3.79. The van der Waals surface area contributed by atoms with Crippen molar-refractivity contribution in [1.82, 2.24) is 4.90 Å². The monoisotopic (exact) mass is 374 g/mol. The normalized spacial score (nSPS) is 21.5. The van der Waals surface area contributed by atoms with Crippen molar-refractivity contribution in [3.8, 4) is 0 Å². The Morgan fingerprint density at radius 1 is 1.21 bits per heavy atom. The van der Waals surface area contributed by atoms with Gasteiger partial charge in [0.15, 0.2) is 5.54 Å². The number of anilines is 1. The van der Waals surface area contributed by atoms with Gasteiger partial charge in [0.25, 0.3) is 0 Å². The third kappa shape index (κ3) is 3.13. The average Bonchev–Trinajstić information content (AvgIpc) is 2.41. The minimum Gasteiger partial charge on any atom is -0.307 e. The molecule has 1 heterocycles. The predicted molar refractivity (Wildman–Crippen MR) is 75.9 cm³/mol. The molecule has 0 aliphatic carbocycles. The van der Waals surface area contributed by atoms with E-state index in [4.69, 9.17) is 11.6 Å². The van der Waals surface area contributed by atoms with E-state index in [0.29, 0.717) is 0 Å². The van der Waals surface area contributed by atoms with Crippen molar-refractivity contribution in [3.63, 3.8) is 0 Å². The standard InChI is InChI=1S/C14H13ClF6N2O/c1-2-5-12(14(19,20)21)9-6-8(15)3-4-10(9)22-11(24)23(12)7-13(16,17)18/h3-4,6H,2,5,7H2,1H3,(H,22,24). The van der Waals surface area contributed by atoms with E-state index < -0.39 is 42.5 Å². The lowest BCUT2D eigenvalue weighted by Gasteiger charge is -2.48. The molecule has 0 saturated carbocycles. The first kappa shape index (κ1) is 18.7. The molecule has 0 fully saturated rings. The third-order valence-electron chi connectivity index (χ3n) is 3.79. The number of hydrogen-bond donors (Lipinski definition) is 1. The van der Waals surface area contributed by atoms with Crippen molar-refractivity contribution in [2.75, 3.05) is 11.9 Å². The van der Waals surface area contributed by atoms with Crippen LogP contribution in [0.1, 0.15) is 25.3 Å². The lowest BCUT2D eigenvalue weighted by molar-refractivity contribution is -0.247. The molecule has 0 radical (unpaired) electrons. The first-order chi connectivity index (χ1) is 10.9. The summed E-state index contributed by atoms with van der Waals surface area (Å²) in [6, 6.07) is 1.90. The molecule has 0 aromatic heterocycles. The van der Waals surface area contributed by atoms with Crippen LogP contribution in [0.25, 0.3) is 0 Å². The number of carbonyl (C=O) groups is 1. The smallest absolute Gasteiger partial charge is 0.307 e. The highest BCUT2D eigenvalue weighted by Crippen LogP contribution is 2.52. The van der Waals surface area contributed by atoms with E-state index >= 15 is 0 Å². The van der Waals surface area contributed by atoms with Crippen LogP contribution in [0.2, 0.25) is 5.02 Å². The van der Waals surface area contributed by atoms with Gasteiger partial charge in [-0.25, -0.2) is 4.79 Å². The van der Waals surface area contributed by atoms with Crippen LogP contribution in [0, 0.1) is 0 Å². The zero-order valence-electron chi connectivity index (χ0n) is 12.4. The van der Waals surface area contributed by atoms with Crippen molar-refractivity contribution in [3.05, 3.63) is 28.8 Å². The van der Waals surface area contributed by atoms with E-state index in [9.17, 15) is 31.1 Å². The van der Waals surface area contributed by atoms with Crippen molar-refractivity contribution >= 4 is 23.3 Å². The van der Waals surface area contributed by atoms with E-state index in [1.54, 1.807) is 0 Å². The Hall–Kier alpha value is -1.64. The van der Waals surface area contributed by atoms with Gasteiger partial charge in [0, 0.05) is 16.3 Å². The predicted octanol–water partition coefficient (Wildman–Crippen LogP) is 5.31. The molecular weight excluding hydrogens is 362 g/mol. The summed E-state index contributed by atoms with van der Waals surface area (Å²) in [5, 5.41) is 2.01. The molecule has 1 aliphatic heterocycles. The Morgan fingerprint density at radius 2 is 1.83 bits per heavy atom. The second-order valence-electron chi connectivity index (χ2n) is 5.43. The molecule has 3 nitrogen and oxygen atoms in total. The number of fused-ring (bicyclic) bond motifs is 1. The van der Waals surface area contributed by atoms with Gasteiger partial charge in [-0.3, -0.25) is 4.90 Å². The molecule has 2 amide bonds. The Labute approximate surface area is 138 Å². The molecule has 134 valence electrons. The first-order valence-corrected chi connectivity index (χ1v) is 7.32. The molecule has 0 spiro atoms. The van der Waals surface area contributed by atoms with E-state index in [1.165, 1.54) is 13.0 Å². The minimum absolute atomic E-state index is 0.0680. The number of carbonyl (C=O) groups excluding carboxylic acids is 1. The molecule has 10 heteroatoms. The fourth-order valence-corrected chi connectivity index (χ4v) is 3.11. The molecule has 1 aromatic rings. The summed E-state index contributed by atoms with van der Waals surface area (Å²) < 4.78 is 80.4. The van der Waals surface area contributed by atoms with E-state index in [2.05, 4.69) is 5.32 Å². The number of nitrogens with zero attached hydrogens (tertiary/aromatic N) is 1. The summed E-state index contributed by atoms with van der Waals surface area (Å²) in [6.07, 6.45) is -10.9. The average molecular weight is 375 g/mol.